The highest BCUT2D eigenvalue weighted by molar-refractivity contribution is 7.98. The lowest BCUT2D eigenvalue weighted by Crippen LogP contribution is -1.99. The lowest BCUT2D eigenvalue weighted by Gasteiger charge is -1.96. The standard InChI is InChI=1S/C5H11ClOS/c1-8-5-4-7-3-2-6/h2-5H2,1H3. The van der Waals surface area contributed by atoms with Crippen molar-refractivity contribution in [1.29, 1.82) is 0 Å². The van der Waals surface area contributed by atoms with E-state index in [2.05, 4.69) is 6.26 Å². The zero-order chi connectivity index (χ0) is 6.24. The molecule has 0 spiro atoms. The molecule has 50 valence electrons. The van der Waals surface area contributed by atoms with Gasteiger partial charge in [-0.15, -0.1) is 11.6 Å². The molecule has 0 aromatic rings. The summed E-state index contributed by atoms with van der Waals surface area (Å²) in [6, 6.07) is 0. The summed E-state index contributed by atoms with van der Waals surface area (Å²) in [5, 5.41) is 0. The van der Waals surface area contributed by atoms with E-state index in [0.29, 0.717) is 12.5 Å². The lowest BCUT2D eigenvalue weighted by atomic mass is 10.8. The second kappa shape index (κ2) is 7.60. The minimum Gasteiger partial charge on any atom is -0.379 e. The molecule has 0 saturated heterocycles. The third-order valence-electron chi connectivity index (χ3n) is 0.653. The monoisotopic (exact) mass is 154 g/mol. The van der Waals surface area contributed by atoms with Crippen LogP contribution in [0.5, 0.6) is 0 Å². The van der Waals surface area contributed by atoms with Crippen molar-refractivity contribution in [2.75, 3.05) is 31.1 Å². The summed E-state index contributed by atoms with van der Waals surface area (Å²) >= 11 is 7.13. The zero-order valence-corrected chi connectivity index (χ0v) is 6.60. The first kappa shape index (κ1) is 8.60. The summed E-state index contributed by atoms with van der Waals surface area (Å²) in [6.07, 6.45) is 2.06. The van der Waals surface area contributed by atoms with Crippen molar-refractivity contribution < 1.29 is 4.74 Å². The summed E-state index contributed by atoms with van der Waals surface area (Å²) in [5.74, 6) is 1.67. The summed E-state index contributed by atoms with van der Waals surface area (Å²) in [5.41, 5.74) is 0. The van der Waals surface area contributed by atoms with Gasteiger partial charge in [-0.2, -0.15) is 11.8 Å². The van der Waals surface area contributed by atoms with E-state index >= 15 is 0 Å². The molecular weight excluding hydrogens is 144 g/mol. The predicted octanol–water partition coefficient (Wildman–Crippen LogP) is 1.60. The molecule has 0 bridgehead atoms. The van der Waals surface area contributed by atoms with Gasteiger partial charge < -0.3 is 4.74 Å². The molecule has 0 fully saturated rings. The van der Waals surface area contributed by atoms with Crippen LogP contribution in [0.2, 0.25) is 0 Å². The Hall–Kier alpha value is 0.600. The van der Waals surface area contributed by atoms with Crippen LogP contribution in [-0.4, -0.2) is 31.1 Å². The van der Waals surface area contributed by atoms with Crippen LogP contribution in [0.15, 0.2) is 0 Å². The quantitative estimate of drug-likeness (QED) is 0.440. The Morgan fingerprint density at radius 3 is 2.75 bits per heavy atom. The fourth-order valence-electron chi connectivity index (χ4n) is 0.299. The first-order valence-electron chi connectivity index (χ1n) is 2.54. The van der Waals surface area contributed by atoms with Crippen molar-refractivity contribution in [2.24, 2.45) is 0 Å². The molecule has 3 heteroatoms. The van der Waals surface area contributed by atoms with E-state index < -0.39 is 0 Å². The van der Waals surface area contributed by atoms with E-state index in [1.165, 1.54) is 0 Å². The van der Waals surface area contributed by atoms with Crippen molar-refractivity contribution in [2.45, 2.75) is 0 Å². The Labute approximate surface area is 59.7 Å². The zero-order valence-electron chi connectivity index (χ0n) is 5.02. The van der Waals surface area contributed by atoms with Gasteiger partial charge in [0, 0.05) is 11.6 Å². The van der Waals surface area contributed by atoms with Gasteiger partial charge in [-0.25, -0.2) is 0 Å². The van der Waals surface area contributed by atoms with Crippen molar-refractivity contribution >= 4 is 23.4 Å². The summed E-state index contributed by atoms with van der Waals surface area (Å²) in [6.45, 7) is 1.51. The Balaban J connectivity index is 2.53. The maximum absolute atomic E-state index is 5.35. The molecule has 0 aromatic carbocycles. The largest absolute Gasteiger partial charge is 0.379 e. The van der Waals surface area contributed by atoms with Gasteiger partial charge in [0.15, 0.2) is 0 Å². The topological polar surface area (TPSA) is 9.23 Å². The Kier molecular flexibility index (Phi) is 8.17. The highest BCUT2D eigenvalue weighted by Gasteiger charge is 1.82. The maximum Gasteiger partial charge on any atom is 0.0602 e. The molecule has 0 rings (SSSR count). The van der Waals surface area contributed by atoms with Crippen LogP contribution >= 0.6 is 23.4 Å². The average molecular weight is 155 g/mol. The summed E-state index contributed by atoms with van der Waals surface area (Å²) in [7, 11) is 0. The van der Waals surface area contributed by atoms with Crippen LogP contribution in [-0.2, 0) is 4.74 Å². The van der Waals surface area contributed by atoms with E-state index in [-0.39, 0.29) is 0 Å². The fraction of sp³-hybridized carbons (Fsp3) is 1.00. The first-order valence-corrected chi connectivity index (χ1v) is 4.47. The highest BCUT2D eigenvalue weighted by atomic mass is 35.5. The average Bonchev–Trinajstić information content (AvgIpc) is 1.81. The van der Waals surface area contributed by atoms with Crippen molar-refractivity contribution in [3.8, 4) is 0 Å². The van der Waals surface area contributed by atoms with Gasteiger partial charge in [0.1, 0.15) is 0 Å². The first-order chi connectivity index (χ1) is 3.91. The minimum atomic E-state index is 0.606. The van der Waals surface area contributed by atoms with Crippen LogP contribution in [0, 0.1) is 0 Å². The number of rotatable bonds is 5. The molecule has 8 heavy (non-hydrogen) atoms. The van der Waals surface area contributed by atoms with Crippen LogP contribution in [0.25, 0.3) is 0 Å². The van der Waals surface area contributed by atoms with Gasteiger partial charge in [0.25, 0.3) is 0 Å². The van der Waals surface area contributed by atoms with Crippen molar-refractivity contribution in [3.05, 3.63) is 0 Å². The predicted molar refractivity (Wildman–Crippen MR) is 39.9 cm³/mol. The smallest absolute Gasteiger partial charge is 0.0602 e. The van der Waals surface area contributed by atoms with Crippen LogP contribution < -0.4 is 0 Å². The molecule has 0 N–H and O–H groups in total. The highest BCUT2D eigenvalue weighted by Crippen LogP contribution is 1.90. The molecule has 1 nitrogen and oxygen atoms in total. The Bertz CT molecular complexity index is 37.4. The van der Waals surface area contributed by atoms with E-state index in [4.69, 9.17) is 16.3 Å². The van der Waals surface area contributed by atoms with E-state index in [1.807, 2.05) is 0 Å². The number of ether oxygens (including phenoxy) is 1. The SMILES string of the molecule is CSCCOCCCl. The fourth-order valence-corrected chi connectivity index (χ4v) is 0.693. The van der Waals surface area contributed by atoms with E-state index in [0.717, 1.165) is 12.4 Å². The molecule has 0 radical (unpaired) electrons. The number of hydrogen-bond donors (Lipinski definition) is 0. The molecule has 0 amide bonds. The minimum absolute atomic E-state index is 0.606. The number of alkyl halides is 1. The Morgan fingerprint density at radius 1 is 1.50 bits per heavy atom. The molecule has 0 aliphatic heterocycles. The second-order valence-corrected chi connectivity index (χ2v) is 2.66. The molecule has 0 saturated carbocycles. The maximum atomic E-state index is 5.35. The van der Waals surface area contributed by atoms with E-state index in [1.54, 1.807) is 11.8 Å². The van der Waals surface area contributed by atoms with Crippen LogP contribution in [0.3, 0.4) is 0 Å². The molecule has 0 heterocycles. The van der Waals surface area contributed by atoms with Gasteiger partial charge >= 0.3 is 0 Å². The third-order valence-corrected chi connectivity index (χ3v) is 1.38. The Morgan fingerprint density at radius 2 is 2.25 bits per heavy atom. The van der Waals surface area contributed by atoms with Gasteiger partial charge in [-0.1, -0.05) is 0 Å². The molecule has 0 aliphatic rings. The molecule has 0 atom stereocenters. The van der Waals surface area contributed by atoms with Gasteiger partial charge in [0.2, 0.25) is 0 Å². The van der Waals surface area contributed by atoms with Crippen molar-refractivity contribution in [1.82, 2.24) is 0 Å². The molecule has 0 aliphatic carbocycles. The van der Waals surface area contributed by atoms with Crippen molar-refractivity contribution in [3.63, 3.8) is 0 Å². The van der Waals surface area contributed by atoms with Gasteiger partial charge in [-0.05, 0) is 6.26 Å². The third kappa shape index (κ3) is 6.60. The van der Waals surface area contributed by atoms with Gasteiger partial charge in [0.05, 0.1) is 13.2 Å². The van der Waals surface area contributed by atoms with Gasteiger partial charge in [-0.3, -0.25) is 0 Å². The molecule has 0 aromatic heterocycles. The second-order valence-electron chi connectivity index (χ2n) is 1.29. The summed E-state index contributed by atoms with van der Waals surface area (Å²) in [4.78, 5) is 0. The number of halogens is 1. The molecular formula is C5H11ClOS. The lowest BCUT2D eigenvalue weighted by molar-refractivity contribution is 0.166. The number of thioether (sulfide) groups is 1. The normalized spacial score (nSPS) is 9.75. The van der Waals surface area contributed by atoms with Crippen LogP contribution in [0.1, 0.15) is 0 Å². The molecule has 0 unspecified atom stereocenters. The van der Waals surface area contributed by atoms with Crippen LogP contribution in [0.4, 0.5) is 0 Å². The summed E-state index contributed by atoms with van der Waals surface area (Å²) < 4.78 is 5.07. The van der Waals surface area contributed by atoms with E-state index in [9.17, 15) is 0 Å². The number of hydrogen-bond acceptors (Lipinski definition) is 2.